The highest BCUT2D eigenvalue weighted by Crippen LogP contribution is 2.55. The van der Waals surface area contributed by atoms with Crippen LogP contribution in [0.4, 0.5) is 0 Å². The van der Waals surface area contributed by atoms with Crippen LogP contribution in [0, 0.1) is 5.21 Å². The fraction of sp³-hybridized carbons (Fsp3) is 1.00. The molecule has 0 aromatic heterocycles. The summed E-state index contributed by atoms with van der Waals surface area (Å²) >= 11 is 0. The van der Waals surface area contributed by atoms with Gasteiger partial charge in [0.1, 0.15) is 0 Å². The van der Waals surface area contributed by atoms with E-state index in [-0.39, 0.29) is 0 Å². The number of nitrogens with zero attached hydrogens (tertiary/aromatic N) is 1. The predicted molar refractivity (Wildman–Crippen MR) is 38.5 cm³/mol. The van der Waals surface area contributed by atoms with Crippen LogP contribution < -0.4 is 0 Å². The smallest absolute Gasteiger partial charge is 0.378 e. The topological polar surface area (TPSA) is 49.4 Å². The van der Waals surface area contributed by atoms with Crippen LogP contribution in [-0.2, 0) is 9.09 Å². The van der Waals surface area contributed by atoms with Crippen molar-refractivity contribution in [1.29, 1.82) is 0 Å². The van der Waals surface area contributed by atoms with E-state index in [1.807, 2.05) is 0 Å². The van der Waals surface area contributed by atoms with Gasteiger partial charge in [0.05, 0.1) is 19.8 Å². The maximum atomic E-state index is 11.4. The molecule has 0 radical (unpaired) electrons. The average Bonchev–Trinajstić information content (AvgIpc) is 1.82. The molecule has 1 saturated heterocycles. The Hall–Kier alpha value is 0.110. The SMILES string of the molecule is COP(C)(=O)[N+]1([O-])CCC1. The predicted octanol–water partition coefficient (Wildman–Crippen LogP) is 1.17. The standard InChI is InChI=1S/C5H12NO3P/c1-9-10(2,8)6(7)4-3-5-6/h3-5H2,1-2H3. The van der Waals surface area contributed by atoms with Crippen molar-refractivity contribution < 1.29 is 13.5 Å². The Balaban J connectivity index is 2.71. The fourth-order valence-electron chi connectivity index (χ4n) is 0.941. The number of rotatable bonds is 2. The molecule has 60 valence electrons. The van der Waals surface area contributed by atoms with E-state index < -0.39 is 11.9 Å². The lowest BCUT2D eigenvalue weighted by atomic mass is 10.3. The zero-order valence-corrected chi connectivity index (χ0v) is 7.13. The maximum absolute atomic E-state index is 11.4. The van der Waals surface area contributed by atoms with Crippen LogP contribution in [0.5, 0.6) is 0 Å². The summed E-state index contributed by atoms with van der Waals surface area (Å²) in [5, 5.41) is 11.4. The first-order valence-corrected chi connectivity index (χ1v) is 5.26. The molecule has 0 aromatic carbocycles. The summed E-state index contributed by atoms with van der Waals surface area (Å²) in [6.45, 7) is 2.29. The lowest BCUT2D eigenvalue weighted by molar-refractivity contribution is -0.808. The van der Waals surface area contributed by atoms with Gasteiger partial charge in [-0.15, -0.1) is 0 Å². The largest absolute Gasteiger partial charge is 0.628 e. The van der Waals surface area contributed by atoms with E-state index in [0.29, 0.717) is 13.1 Å². The van der Waals surface area contributed by atoms with E-state index in [1.54, 1.807) is 0 Å². The van der Waals surface area contributed by atoms with Gasteiger partial charge >= 0.3 is 7.52 Å². The first kappa shape index (κ1) is 8.21. The highest BCUT2D eigenvalue weighted by atomic mass is 31.2. The summed E-state index contributed by atoms with van der Waals surface area (Å²) in [5.74, 6) is 0. The van der Waals surface area contributed by atoms with Crippen LogP contribution in [0.1, 0.15) is 6.42 Å². The minimum atomic E-state index is -2.91. The van der Waals surface area contributed by atoms with Crippen molar-refractivity contribution in [2.24, 2.45) is 0 Å². The van der Waals surface area contributed by atoms with Gasteiger partial charge in [0.15, 0.2) is 0 Å². The number of hydrogen-bond acceptors (Lipinski definition) is 3. The van der Waals surface area contributed by atoms with Crippen LogP contribution in [0.15, 0.2) is 0 Å². The highest BCUT2D eigenvalue weighted by Gasteiger charge is 2.41. The quantitative estimate of drug-likeness (QED) is 0.456. The normalized spacial score (nSPS) is 28.7. The maximum Gasteiger partial charge on any atom is 0.378 e. The molecule has 1 fully saturated rings. The van der Waals surface area contributed by atoms with Crippen molar-refractivity contribution in [2.45, 2.75) is 6.42 Å². The number of hydroxylamine groups is 2. The fourth-order valence-corrected chi connectivity index (χ4v) is 2.25. The molecule has 0 amide bonds. The first-order valence-electron chi connectivity index (χ1n) is 3.24. The highest BCUT2D eigenvalue weighted by molar-refractivity contribution is 7.52. The van der Waals surface area contributed by atoms with Crippen LogP contribution in [-0.4, -0.2) is 31.3 Å². The Kier molecular flexibility index (Phi) is 1.90. The third-order valence-corrected chi connectivity index (χ3v) is 4.42. The van der Waals surface area contributed by atoms with Gasteiger partial charge in [-0.3, -0.25) is 8.94 Å². The summed E-state index contributed by atoms with van der Waals surface area (Å²) in [4.78, 5) is 0. The Morgan fingerprint density at radius 2 is 2.10 bits per heavy atom. The van der Waals surface area contributed by atoms with E-state index in [2.05, 4.69) is 4.52 Å². The van der Waals surface area contributed by atoms with Gasteiger partial charge in [-0.05, 0) is 0 Å². The van der Waals surface area contributed by atoms with Crippen LogP contribution >= 0.6 is 7.52 Å². The lowest BCUT2D eigenvalue weighted by Gasteiger charge is -2.51. The van der Waals surface area contributed by atoms with Crippen molar-refractivity contribution in [3.05, 3.63) is 5.21 Å². The van der Waals surface area contributed by atoms with Crippen LogP contribution in [0.2, 0.25) is 0 Å². The molecule has 0 aliphatic carbocycles. The average molecular weight is 165 g/mol. The second-order valence-electron chi connectivity index (χ2n) is 2.63. The summed E-state index contributed by atoms with van der Waals surface area (Å²) in [6.07, 6.45) is 0.866. The van der Waals surface area contributed by atoms with E-state index in [1.165, 1.54) is 13.8 Å². The molecule has 0 N–H and O–H groups in total. The Morgan fingerprint density at radius 1 is 1.60 bits per heavy atom. The van der Waals surface area contributed by atoms with Gasteiger partial charge in [0.2, 0.25) is 0 Å². The molecule has 1 heterocycles. The van der Waals surface area contributed by atoms with Crippen molar-refractivity contribution in [1.82, 2.24) is 0 Å². The van der Waals surface area contributed by atoms with Crippen molar-refractivity contribution in [2.75, 3.05) is 26.9 Å². The zero-order valence-electron chi connectivity index (χ0n) is 6.24. The van der Waals surface area contributed by atoms with Gasteiger partial charge in [-0.2, -0.15) is 0 Å². The zero-order chi connectivity index (χ0) is 7.83. The van der Waals surface area contributed by atoms with Gasteiger partial charge in [0.25, 0.3) is 0 Å². The monoisotopic (exact) mass is 165 g/mol. The number of hydrogen-bond donors (Lipinski definition) is 0. The van der Waals surface area contributed by atoms with E-state index >= 15 is 0 Å². The van der Waals surface area contributed by atoms with Gasteiger partial charge in [0, 0.05) is 13.5 Å². The van der Waals surface area contributed by atoms with Crippen molar-refractivity contribution in [3.63, 3.8) is 0 Å². The molecule has 1 unspecified atom stereocenters. The van der Waals surface area contributed by atoms with Crippen LogP contribution in [0.3, 0.4) is 0 Å². The minimum Gasteiger partial charge on any atom is -0.628 e. The molecule has 1 atom stereocenters. The second kappa shape index (κ2) is 2.31. The van der Waals surface area contributed by atoms with Crippen molar-refractivity contribution >= 4 is 7.52 Å². The molecular formula is C5H12NO3P. The molecule has 0 spiro atoms. The first-order chi connectivity index (χ1) is 4.52. The molecular weight excluding hydrogens is 153 g/mol. The summed E-state index contributed by atoms with van der Waals surface area (Å²) in [6, 6.07) is 0. The number of quaternary nitrogens is 1. The van der Waals surface area contributed by atoms with Gasteiger partial charge in [-0.25, -0.2) is 4.57 Å². The van der Waals surface area contributed by atoms with E-state index in [0.717, 1.165) is 6.42 Å². The lowest BCUT2D eigenvalue weighted by Crippen LogP contribution is -2.49. The second-order valence-corrected chi connectivity index (χ2v) is 5.33. The summed E-state index contributed by atoms with van der Waals surface area (Å²) in [7, 11) is -1.58. The van der Waals surface area contributed by atoms with E-state index in [4.69, 9.17) is 0 Å². The summed E-state index contributed by atoms with van der Waals surface area (Å²) < 4.78 is 15.4. The van der Waals surface area contributed by atoms with Gasteiger partial charge < -0.3 is 5.21 Å². The Labute approximate surface area is 60.5 Å². The third kappa shape index (κ3) is 1.01. The van der Waals surface area contributed by atoms with Crippen molar-refractivity contribution in [3.8, 4) is 0 Å². The molecule has 0 saturated carbocycles. The Bertz CT molecular complexity index is 178. The molecule has 1 aliphatic rings. The molecule has 4 nitrogen and oxygen atoms in total. The van der Waals surface area contributed by atoms with Gasteiger partial charge in [-0.1, -0.05) is 0 Å². The third-order valence-electron chi connectivity index (χ3n) is 2.02. The Morgan fingerprint density at radius 3 is 2.20 bits per heavy atom. The molecule has 0 aromatic rings. The molecule has 0 bridgehead atoms. The summed E-state index contributed by atoms with van der Waals surface area (Å²) in [5.41, 5.74) is 0. The van der Waals surface area contributed by atoms with E-state index in [9.17, 15) is 9.77 Å². The minimum absolute atomic E-state index is 0.446. The van der Waals surface area contributed by atoms with Crippen LogP contribution in [0.25, 0.3) is 0 Å². The molecule has 5 heteroatoms. The molecule has 10 heavy (non-hydrogen) atoms. The molecule has 1 aliphatic heterocycles. The molecule has 1 rings (SSSR count).